The average Bonchev–Trinajstić information content (AvgIpc) is 2.54. The molecule has 0 bridgehead atoms. The number of non-ortho nitro benzene ring substituents is 1. The SMILES string of the molecule is CN(C)c1ccc([N+](=O)[O-])cc1/C=N\NC(=O)c1cccc(Br)c1. The fraction of sp³-hybridized carbons (Fsp3) is 0.125. The Hall–Kier alpha value is -2.74. The van der Waals surface area contributed by atoms with Gasteiger partial charge in [0.15, 0.2) is 0 Å². The third-order valence-electron chi connectivity index (χ3n) is 3.16. The van der Waals surface area contributed by atoms with Crippen molar-refractivity contribution in [1.29, 1.82) is 0 Å². The number of nitrogens with one attached hydrogen (secondary N) is 1. The minimum atomic E-state index is -0.475. The van der Waals surface area contributed by atoms with Gasteiger partial charge >= 0.3 is 0 Å². The van der Waals surface area contributed by atoms with Crippen molar-refractivity contribution >= 4 is 39.4 Å². The fourth-order valence-electron chi connectivity index (χ4n) is 2.02. The van der Waals surface area contributed by atoms with E-state index < -0.39 is 4.92 Å². The molecular weight excluding hydrogens is 376 g/mol. The molecule has 0 heterocycles. The van der Waals surface area contributed by atoms with Gasteiger partial charge in [0.2, 0.25) is 0 Å². The van der Waals surface area contributed by atoms with Gasteiger partial charge in [-0.2, -0.15) is 5.10 Å². The highest BCUT2D eigenvalue weighted by molar-refractivity contribution is 9.10. The molecule has 1 amide bonds. The minimum absolute atomic E-state index is 0.0413. The summed E-state index contributed by atoms with van der Waals surface area (Å²) >= 11 is 3.29. The highest BCUT2D eigenvalue weighted by atomic mass is 79.9. The van der Waals surface area contributed by atoms with Crippen molar-refractivity contribution in [3.8, 4) is 0 Å². The zero-order valence-electron chi connectivity index (χ0n) is 13.1. The number of nitrogens with zero attached hydrogens (tertiary/aromatic N) is 3. The van der Waals surface area contributed by atoms with Gasteiger partial charge in [-0.3, -0.25) is 14.9 Å². The molecule has 124 valence electrons. The summed E-state index contributed by atoms with van der Waals surface area (Å²) in [5, 5.41) is 14.8. The molecule has 24 heavy (non-hydrogen) atoms. The normalized spacial score (nSPS) is 10.6. The van der Waals surface area contributed by atoms with Crippen molar-refractivity contribution in [3.63, 3.8) is 0 Å². The number of hydrogen-bond acceptors (Lipinski definition) is 5. The number of amides is 1. The van der Waals surface area contributed by atoms with Gasteiger partial charge < -0.3 is 4.90 Å². The van der Waals surface area contributed by atoms with Crippen LogP contribution in [0.1, 0.15) is 15.9 Å². The molecule has 0 aliphatic rings. The Balaban J connectivity index is 2.20. The summed E-state index contributed by atoms with van der Waals surface area (Å²) in [4.78, 5) is 24.3. The number of anilines is 1. The number of benzene rings is 2. The van der Waals surface area contributed by atoms with E-state index in [4.69, 9.17) is 0 Å². The van der Waals surface area contributed by atoms with Crippen LogP contribution in [0.4, 0.5) is 11.4 Å². The van der Waals surface area contributed by atoms with Crippen LogP contribution in [0.2, 0.25) is 0 Å². The number of halogens is 1. The number of carbonyl (C=O) groups is 1. The van der Waals surface area contributed by atoms with E-state index in [-0.39, 0.29) is 11.6 Å². The van der Waals surface area contributed by atoms with E-state index in [0.29, 0.717) is 11.1 Å². The third kappa shape index (κ3) is 4.39. The molecule has 0 aliphatic carbocycles. The largest absolute Gasteiger partial charge is 0.377 e. The summed E-state index contributed by atoms with van der Waals surface area (Å²) in [7, 11) is 3.64. The number of hydrazone groups is 1. The second-order valence-corrected chi connectivity index (χ2v) is 6.02. The Morgan fingerprint density at radius 3 is 2.67 bits per heavy atom. The smallest absolute Gasteiger partial charge is 0.271 e. The van der Waals surface area contributed by atoms with Crippen LogP contribution in [0.3, 0.4) is 0 Å². The summed E-state index contributed by atoms with van der Waals surface area (Å²) in [6, 6.07) is 11.4. The quantitative estimate of drug-likeness (QED) is 0.482. The third-order valence-corrected chi connectivity index (χ3v) is 3.65. The van der Waals surface area contributed by atoms with Gasteiger partial charge in [0.05, 0.1) is 11.1 Å². The average molecular weight is 391 g/mol. The zero-order chi connectivity index (χ0) is 17.7. The number of nitro groups is 1. The Kier molecular flexibility index (Phi) is 5.64. The van der Waals surface area contributed by atoms with Gasteiger partial charge in [0.25, 0.3) is 11.6 Å². The lowest BCUT2D eigenvalue weighted by Gasteiger charge is -2.14. The van der Waals surface area contributed by atoms with Crippen LogP contribution in [0, 0.1) is 10.1 Å². The van der Waals surface area contributed by atoms with Gasteiger partial charge in [-0.1, -0.05) is 22.0 Å². The maximum atomic E-state index is 12.0. The van der Waals surface area contributed by atoms with Crippen LogP contribution in [-0.4, -0.2) is 31.1 Å². The molecule has 0 spiro atoms. The molecule has 0 aliphatic heterocycles. The lowest BCUT2D eigenvalue weighted by molar-refractivity contribution is -0.384. The molecule has 0 aromatic heterocycles. The first-order valence-corrected chi connectivity index (χ1v) is 7.72. The lowest BCUT2D eigenvalue weighted by Crippen LogP contribution is -2.18. The highest BCUT2D eigenvalue weighted by Crippen LogP contribution is 2.22. The van der Waals surface area contributed by atoms with Crippen LogP contribution < -0.4 is 10.3 Å². The molecule has 1 N–H and O–H groups in total. The van der Waals surface area contributed by atoms with E-state index in [1.165, 1.54) is 18.3 Å². The Labute approximate surface area is 147 Å². The summed E-state index contributed by atoms with van der Waals surface area (Å²) < 4.78 is 0.785. The molecule has 0 radical (unpaired) electrons. The standard InChI is InChI=1S/C16H15BrN4O3/c1-20(2)15-7-6-14(21(23)24)9-12(15)10-18-19-16(22)11-4-3-5-13(17)8-11/h3-10H,1-2H3,(H,19,22)/b18-10-. The van der Waals surface area contributed by atoms with Crippen LogP contribution >= 0.6 is 15.9 Å². The van der Waals surface area contributed by atoms with E-state index in [9.17, 15) is 14.9 Å². The monoisotopic (exact) mass is 390 g/mol. The molecule has 2 aromatic carbocycles. The molecule has 2 rings (SSSR count). The van der Waals surface area contributed by atoms with Crippen LogP contribution in [-0.2, 0) is 0 Å². The first-order chi connectivity index (χ1) is 11.4. The van der Waals surface area contributed by atoms with Crippen LogP contribution in [0.15, 0.2) is 52.0 Å². The summed E-state index contributed by atoms with van der Waals surface area (Å²) in [5.41, 5.74) is 4.10. The Bertz CT molecular complexity index is 806. The molecule has 8 heteroatoms. The van der Waals surface area contributed by atoms with E-state index in [1.54, 1.807) is 29.2 Å². The molecule has 0 fully saturated rings. The summed E-state index contributed by atoms with van der Waals surface area (Å²) in [6.07, 6.45) is 1.39. The van der Waals surface area contributed by atoms with Crippen LogP contribution in [0.25, 0.3) is 0 Å². The number of carbonyl (C=O) groups excluding carboxylic acids is 1. The predicted octanol–water partition coefficient (Wildman–Crippen LogP) is 3.19. The van der Waals surface area contributed by atoms with Gasteiger partial charge in [0.1, 0.15) is 0 Å². The van der Waals surface area contributed by atoms with Crippen molar-refractivity contribution in [2.45, 2.75) is 0 Å². The first kappa shape index (κ1) is 17.6. The number of hydrogen-bond donors (Lipinski definition) is 1. The van der Waals surface area contributed by atoms with E-state index in [2.05, 4.69) is 26.5 Å². The molecule has 0 saturated carbocycles. The number of rotatable bonds is 5. The maximum absolute atomic E-state index is 12.0. The second kappa shape index (κ2) is 7.69. The van der Waals surface area contributed by atoms with Gasteiger partial charge in [-0.15, -0.1) is 0 Å². The fourth-order valence-corrected chi connectivity index (χ4v) is 2.42. The molecule has 0 saturated heterocycles. The van der Waals surface area contributed by atoms with Crippen molar-refractivity contribution in [2.24, 2.45) is 5.10 Å². The first-order valence-electron chi connectivity index (χ1n) is 6.93. The molecule has 0 unspecified atom stereocenters. The van der Waals surface area contributed by atoms with E-state index >= 15 is 0 Å². The Morgan fingerprint density at radius 1 is 1.29 bits per heavy atom. The summed E-state index contributed by atoms with van der Waals surface area (Å²) in [6.45, 7) is 0. The topological polar surface area (TPSA) is 87.8 Å². The lowest BCUT2D eigenvalue weighted by atomic mass is 10.1. The number of nitro benzene ring substituents is 1. The Morgan fingerprint density at radius 2 is 2.04 bits per heavy atom. The van der Waals surface area contributed by atoms with Crippen molar-refractivity contribution in [3.05, 3.63) is 68.2 Å². The molecular formula is C16H15BrN4O3. The van der Waals surface area contributed by atoms with Gasteiger partial charge in [-0.25, -0.2) is 5.43 Å². The van der Waals surface area contributed by atoms with Gasteiger partial charge in [-0.05, 0) is 24.3 Å². The molecule has 2 aromatic rings. The minimum Gasteiger partial charge on any atom is -0.377 e. The predicted molar refractivity (Wildman–Crippen MR) is 96.6 cm³/mol. The van der Waals surface area contributed by atoms with Crippen LogP contribution in [0.5, 0.6) is 0 Å². The van der Waals surface area contributed by atoms with Gasteiger partial charge in [0, 0.05) is 47.5 Å². The highest BCUT2D eigenvalue weighted by Gasteiger charge is 2.11. The maximum Gasteiger partial charge on any atom is 0.271 e. The van der Waals surface area contributed by atoms with E-state index in [0.717, 1.165) is 10.2 Å². The van der Waals surface area contributed by atoms with Crippen molar-refractivity contribution < 1.29 is 9.72 Å². The molecule has 7 nitrogen and oxygen atoms in total. The zero-order valence-corrected chi connectivity index (χ0v) is 14.6. The van der Waals surface area contributed by atoms with Crippen molar-refractivity contribution in [2.75, 3.05) is 19.0 Å². The van der Waals surface area contributed by atoms with Crippen molar-refractivity contribution in [1.82, 2.24) is 5.43 Å². The second-order valence-electron chi connectivity index (χ2n) is 5.10. The molecule has 0 atom stereocenters. The van der Waals surface area contributed by atoms with E-state index in [1.807, 2.05) is 20.2 Å². The summed E-state index contributed by atoms with van der Waals surface area (Å²) in [5.74, 6) is -0.371.